The fourth-order valence-corrected chi connectivity index (χ4v) is 2.44. The molecule has 0 aromatic heterocycles. The van der Waals surface area contributed by atoms with Crippen molar-refractivity contribution in [3.8, 4) is 0 Å². The largest absolute Gasteiger partial charge is 0.351 e. The lowest BCUT2D eigenvalue weighted by atomic mass is 9.93. The van der Waals surface area contributed by atoms with Gasteiger partial charge in [-0.1, -0.05) is 24.3 Å². The maximum Gasteiger partial charge on any atom is 0.316 e. The molecule has 1 aromatic rings. The number of carbonyl (C=O) groups excluding carboxylic acids is 2. The first-order valence-corrected chi connectivity index (χ1v) is 7.18. The van der Waals surface area contributed by atoms with E-state index in [2.05, 4.69) is 22.8 Å². The molecule has 0 saturated carbocycles. The van der Waals surface area contributed by atoms with Crippen molar-refractivity contribution in [2.24, 2.45) is 11.7 Å². The predicted octanol–water partition coefficient (Wildman–Crippen LogP) is 2.71. The second kappa shape index (κ2) is 6.92. The van der Waals surface area contributed by atoms with Crippen LogP contribution in [0.15, 0.2) is 36.4 Å². The van der Waals surface area contributed by atoms with Gasteiger partial charge < -0.3 is 16.4 Å². The van der Waals surface area contributed by atoms with Crippen LogP contribution >= 0.6 is 0 Å². The Morgan fingerprint density at radius 1 is 1.24 bits per heavy atom. The van der Waals surface area contributed by atoms with Gasteiger partial charge >= 0.3 is 6.03 Å². The van der Waals surface area contributed by atoms with Gasteiger partial charge in [0.2, 0.25) is 5.91 Å². The molecule has 21 heavy (non-hydrogen) atoms. The summed E-state index contributed by atoms with van der Waals surface area (Å²) in [7, 11) is 0. The van der Waals surface area contributed by atoms with Crippen LogP contribution in [0.5, 0.6) is 0 Å². The second-order valence-corrected chi connectivity index (χ2v) is 5.32. The van der Waals surface area contributed by atoms with E-state index in [0.717, 1.165) is 24.8 Å². The quantitative estimate of drug-likeness (QED) is 0.744. The van der Waals surface area contributed by atoms with Crippen molar-refractivity contribution in [3.05, 3.63) is 42.0 Å². The Morgan fingerprint density at radius 3 is 2.52 bits per heavy atom. The molecule has 0 fully saturated rings. The summed E-state index contributed by atoms with van der Waals surface area (Å²) in [5.41, 5.74) is 6.69. The predicted molar refractivity (Wildman–Crippen MR) is 82.7 cm³/mol. The summed E-state index contributed by atoms with van der Waals surface area (Å²) in [6, 6.07) is 6.63. The first-order valence-electron chi connectivity index (χ1n) is 7.18. The number of benzene rings is 1. The van der Waals surface area contributed by atoms with Crippen molar-refractivity contribution >= 4 is 17.6 Å². The molecule has 0 unspecified atom stereocenters. The van der Waals surface area contributed by atoms with E-state index in [0.29, 0.717) is 5.69 Å². The number of anilines is 1. The third-order valence-corrected chi connectivity index (χ3v) is 3.68. The number of carbonyl (C=O) groups is 2. The summed E-state index contributed by atoms with van der Waals surface area (Å²) in [5, 5.41) is 5.55. The Balaban J connectivity index is 1.93. The third-order valence-electron chi connectivity index (χ3n) is 3.68. The lowest BCUT2D eigenvalue weighted by Crippen LogP contribution is -2.33. The average Bonchev–Trinajstić information content (AvgIpc) is 2.48. The van der Waals surface area contributed by atoms with Gasteiger partial charge in [0.15, 0.2) is 0 Å². The van der Waals surface area contributed by atoms with Crippen LogP contribution in [0, 0.1) is 5.92 Å². The minimum absolute atomic E-state index is 0.0639. The Bertz CT molecular complexity index is 537. The van der Waals surface area contributed by atoms with Gasteiger partial charge in [0.25, 0.3) is 0 Å². The number of rotatable bonds is 4. The molecule has 112 valence electrons. The van der Waals surface area contributed by atoms with Crippen LogP contribution in [0.1, 0.15) is 37.8 Å². The van der Waals surface area contributed by atoms with Crippen LogP contribution in [0.4, 0.5) is 10.5 Å². The van der Waals surface area contributed by atoms with Crippen LogP contribution in [0.25, 0.3) is 0 Å². The zero-order valence-corrected chi connectivity index (χ0v) is 12.1. The highest BCUT2D eigenvalue weighted by molar-refractivity contribution is 5.87. The molecule has 2 atom stereocenters. The second-order valence-electron chi connectivity index (χ2n) is 5.32. The molecular weight excluding hydrogens is 266 g/mol. The standard InChI is InChI=1S/C16H21N3O2/c1-11(18-15(20)13-5-3-2-4-6-13)12-7-9-14(10-8-12)19-16(17)21/h2-3,7-11,13H,4-6H2,1H3,(H,18,20)(H3,17,19,21)/t11-,13+/m1/s1. The highest BCUT2D eigenvalue weighted by atomic mass is 16.2. The fourth-order valence-electron chi connectivity index (χ4n) is 2.44. The summed E-state index contributed by atoms with van der Waals surface area (Å²) >= 11 is 0. The molecule has 0 heterocycles. The number of primary amides is 1. The lowest BCUT2D eigenvalue weighted by Gasteiger charge is -2.21. The summed E-state index contributed by atoms with van der Waals surface area (Å²) in [6.45, 7) is 1.95. The molecule has 0 bridgehead atoms. The van der Waals surface area contributed by atoms with Crippen LogP contribution in [-0.4, -0.2) is 11.9 Å². The maximum atomic E-state index is 12.2. The Labute approximate surface area is 124 Å². The van der Waals surface area contributed by atoms with Crippen molar-refractivity contribution in [3.63, 3.8) is 0 Å². The molecule has 0 spiro atoms. The van der Waals surface area contributed by atoms with E-state index in [1.807, 2.05) is 19.1 Å². The van der Waals surface area contributed by atoms with Gasteiger partial charge in [-0.15, -0.1) is 0 Å². The van der Waals surface area contributed by atoms with E-state index in [9.17, 15) is 9.59 Å². The number of hydrogen-bond donors (Lipinski definition) is 3. The molecule has 0 saturated heterocycles. The number of hydrogen-bond acceptors (Lipinski definition) is 2. The lowest BCUT2D eigenvalue weighted by molar-refractivity contribution is -0.125. The molecule has 5 heteroatoms. The normalized spacial score (nSPS) is 18.8. The van der Waals surface area contributed by atoms with Crippen LogP contribution < -0.4 is 16.4 Å². The Kier molecular flexibility index (Phi) is 4.98. The number of nitrogens with one attached hydrogen (secondary N) is 2. The number of urea groups is 1. The first kappa shape index (κ1) is 15.1. The summed E-state index contributed by atoms with van der Waals surface area (Å²) in [5.74, 6) is 0.180. The van der Waals surface area contributed by atoms with Crippen molar-refractivity contribution in [1.29, 1.82) is 0 Å². The average molecular weight is 287 g/mol. The fraction of sp³-hybridized carbons (Fsp3) is 0.375. The SMILES string of the molecule is C[C@@H](NC(=O)[C@H]1CC=CCC1)c1ccc(NC(N)=O)cc1. The number of nitrogens with two attached hydrogens (primary N) is 1. The zero-order valence-electron chi connectivity index (χ0n) is 12.1. The van der Waals surface area contributed by atoms with E-state index in [4.69, 9.17) is 5.73 Å². The van der Waals surface area contributed by atoms with Crippen molar-refractivity contribution < 1.29 is 9.59 Å². The smallest absolute Gasteiger partial charge is 0.316 e. The van der Waals surface area contributed by atoms with E-state index in [1.54, 1.807) is 12.1 Å². The highest BCUT2D eigenvalue weighted by Crippen LogP contribution is 2.21. The number of amides is 3. The summed E-state index contributed by atoms with van der Waals surface area (Å²) in [6.07, 6.45) is 6.90. The molecule has 1 aliphatic rings. The molecule has 0 aliphatic heterocycles. The number of allylic oxidation sites excluding steroid dienone is 2. The molecular formula is C16H21N3O2. The van der Waals surface area contributed by atoms with E-state index >= 15 is 0 Å². The van der Waals surface area contributed by atoms with Gasteiger partial charge in [0, 0.05) is 11.6 Å². The van der Waals surface area contributed by atoms with Crippen molar-refractivity contribution in [1.82, 2.24) is 5.32 Å². The topological polar surface area (TPSA) is 84.2 Å². The third kappa shape index (κ3) is 4.34. The molecule has 1 aliphatic carbocycles. The van der Waals surface area contributed by atoms with Gasteiger partial charge in [-0.25, -0.2) is 4.79 Å². The molecule has 5 nitrogen and oxygen atoms in total. The molecule has 4 N–H and O–H groups in total. The first-order chi connectivity index (χ1) is 10.1. The van der Waals surface area contributed by atoms with Crippen molar-refractivity contribution in [2.45, 2.75) is 32.2 Å². The maximum absolute atomic E-state index is 12.2. The monoisotopic (exact) mass is 287 g/mol. The van der Waals surface area contributed by atoms with E-state index in [1.165, 1.54) is 0 Å². The van der Waals surface area contributed by atoms with Gasteiger partial charge in [-0.3, -0.25) is 4.79 Å². The Hall–Kier alpha value is -2.30. The summed E-state index contributed by atoms with van der Waals surface area (Å²) in [4.78, 5) is 22.9. The minimum atomic E-state index is -0.588. The minimum Gasteiger partial charge on any atom is -0.351 e. The molecule has 2 rings (SSSR count). The molecule has 3 amide bonds. The van der Waals surface area contributed by atoms with Gasteiger partial charge in [-0.2, -0.15) is 0 Å². The Morgan fingerprint density at radius 2 is 1.95 bits per heavy atom. The van der Waals surface area contributed by atoms with E-state index < -0.39 is 6.03 Å². The van der Waals surface area contributed by atoms with Crippen LogP contribution in [-0.2, 0) is 4.79 Å². The van der Waals surface area contributed by atoms with Gasteiger partial charge in [0.05, 0.1) is 6.04 Å². The highest BCUT2D eigenvalue weighted by Gasteiger charge is 2.20. The van der Waals surface area contributed by atoms with Gasteiger partial charge in [0.1, 0.15) is 0 Å². The summed E-state index contributed by atoms with van der Waals surface area (Å²) < 4.78 is 0. The van der Waals surface area contributed by atoms with E-state index in [-0.39, 0.29) is 17.9 Å². The zero-order chi connectivity index (χ0) is 15.2. The van der Waals surface area contributed by atoms with Gasteiger partial charge in [-0.05, 0) is 43.9 Å². The molecule has 0 radical (unpaired) electrons. The van der Waals surface area contributed by atoms with Crippen molar-refractivity contribution in [2.75, 3.05) is 5.32 Å². The van der Waals surface area contributed by atoms with Crippen LogP contribution in [0.2, 0.25) is 0 Å². The van der Waals surface area contributed by atoms with Crippen LogP contribution in [0.3, 0.4) is 0 Å². The molecule has 1 aromatic carbocycles.